The molecule has 2 saturated heterocycles. The fourth-order valence-corrected chi connectivity index (χ4v) is 7.03. The largest absolute Gasteiger partial charge is 0.371 e. The summed E-state index contributed by atoms with van der Waals surface area (Å²) in [5, 5.41) is 7.07. The van der Waals surface area contributed by atoms with Crippen molar-refractivity contribution in [3.8, 4) is 0 Å². The molecule has 236 valence electrons. The van der Waals surface area contributed by atoms with Crippen LogP contribution in [0.2, 0.25) is 0 Å². The fraction of sp³-hybridized carbons (Fsp3) is 0.667. The number of piperazine rings is 1. The van der Waals surface area contributed by atoms with Crippen LogP contribution in [0.5, 0.6) is 0 Å². The summed E-state index contributed by atoms with van der Waals surface area (Å²) in [5.74, 6) is 0.669. The number of primary amides is 1. The Balaban J connectivity index is 1.29. The van der Waals surface area contributed by atoms with Crippen molar-refractivity contribution in [2.75, 3.05) is 75.9 Å². The Morgan fingerprint density at radius 3 is 2.21 bits per heavy atom. The molecule has 1 aromatic heterocycles. The molecule has 1 aromatic carbocycles. The number of carbonyl (C=O) groups excluding carboxylic acids is 1. The van der Waals surface area contributed by atoms with Gasteiger partial charge in [-0.25, -0.2) is 9.97 Å². The average Bonchev–Trinajstić information content (AvgIpc) is 2.98. The molecule has 3 fully saturated rings. The third kappa shape index (κ3) is 7.59. The van der Waals surface area contributed by atoms with Gasteiger partial charge in [-0.15, -0.1) is 0 Å². The number of aromatic nitrogens is 2. The average molecular weight is 592 g/mol. The Kier molecular flexibility index (Phi) is 10.1. The first-order valence-electron chi connectivity index (χ1n) is 16.3. The Bertz CT molecular complexity index is 1240. The highest BCUT2D eigenvalue weighted by Crippen LogP contribution is 2.32. The molecule has 10 nitrogen and oxygen atoms in total. The van der Waals surface area contributed by atoms with Gasteiger partial charge in [-0.05, 0) is 96.3 Å². The van der Waals surface area contributed by atoms with Crippen LogP contribution in [-0.2, 0) is 0 Å². The first-order valence-corrected chi connectivity index (χ1v) is 16.3. The number of anilines is 4. The first-order chi connectivity index (χ1) is 20.6. The predicted molar refractivity (Wildman–Crippen MR) is 177 cm³/mol. The molecule has 1 saturated carbocycles. The van der Waals surface area contributed by atoms with E-state index in [0.717, 1.165) is 56.0 Å². The molecule has 0 bridgehead atoms. The number of piperidine rings is 1. The molecule has 10 heteroatoms. The molecular formula is C33H53N9O. The van der Waals surface area contributed by atoms with E-state index in [-0.39, 0.29) is 11.6 Å². The lowest BCUT2D eigenvalue weighted by molar-refractivity contribution is 0.0982. The second kappa shape index (κ2) is 13.8. The molecule has 4 N–H and O–H groups in total. The zero-order chi connectivity index (χ0) is 30.7. The number of nitrogens with one attached hydrogen (secondary N) is 2. The third-order valence-electron chi connectivity index (χ3n) is 9.79. The number of carbonyl (C=O) groups is 1. The molecule has 0 atom stereocenters. The number of nitrogens with two attached hydrogens (primary N) is 1. The van der Waals surface area contributed by atoms with Gasteiger partial charge in [-0.2, -0.15) is 0 Å². The van der Waals surface area contributed by atoms with Crippen LogP contribution in [0, 0.1) is 6.92 Å². The second-order valence-corrected chi connectivity index (χ2v) is 13.5. The maximum absolute atomic E-state index is 12.5. The second-order valence-electron chi connectivity index (χ2n) is 13.5. The number of hydrogen-bond donors (Lipinski definition) is 3. The van der Waals surface area contributed by atoms with Gasteiger partial charge >= 0.3 is 0 Å². The number of nitrogens with zero attached hydrogens (tertiary/aromatic N) is 6. The number of likely N-dealkylation sites (N-methyl/N-ethyl adjacent to an activating group) is 1. The van der Waals surface area contributed by atoms with Crippen LogP contribution in [0.15, 0.2) is 18.2 Å². The smallest absolute Gasteiger partial charge is 0.271 e. The quantitative estimate of drug-likeness (QED) is 0.395. The number of hydrogen-bond acceptors (Lipinski definition) is 9. The summed E-state index contributed by atoms with van der Waals surface area (Å²) in [6.45, 7) is 13.2. The normalized spacial score (nSPS) is 22.7. The molecule has 3 heterocycles. The van der Waals surface area contributed by atoms with Crippen LogP contribution in [0.4, 0.5) is 23.0 Å². The zero-order valence-electron chi connectivity index (χ0n) is 27.2. The van der Waals surface area contributed by atoms with Crippen molar-refractivity contribution < 1.29 is 4.79 Å². The first kappa shape index (κ1) is 31.5. The molecule has 2 aromatic rings. The van der Waals surface area contributed by atoms with Crippen molar-refractivity contribution in [3.05, 3.63) is 35.2 Å². The van der Waals surface area contributed by atoms with E-state index in [1.165, 1.54) is 50.3 Å². The van der Waals surface area contributed by atoms with Crippen LogP contribution in [0.3, 0.4) is 0 Å². The van der Waals surface area contributed by atoms with Gasteiger partial charge in [0.15, 0.2) is 17.3 Å². The van der Waals surface area contributed by atoms with E-state index in [0.29, 0.717) is 23.9 Å². The van der Waals surface area contributed by atoms with Gasteiger partial charge in [0.1, 0.15) is 0 Å². The van der Waals surface area contributed by atoms with Crippen LogP contribution in [-0.4, -0.2) is 109 Å². The predicted octanol–water partition coefficient (Wildman–Crippen LogP) is 4.25. The van der Waals surface area contributed by atoms with Crippen LogP contribution >= 0.6 is 0 Å². The summed E-state index contributed by atoms with van der Waals surface area (Å²) < 4.78 is 0. The molecule has 0 unspecified atom stereocenters. The Morgan fingerprint density at radius 2 is 1.63 bits per heavy atom. The van der Waals surface area contributed by atoms with Crippen molar-refractivity contribution in [3.63, 3.8) is 0 Å². The summed E-state index contributed by atoms with van der Waals surface area (Å²) in [6, 6.07) is 8.05. The van der Waals surface area contributed by atoms with Gasteiger partial charge < -0.3 is 31.1 Å². The molecule has 1 amide bonds. The molecular weight excluding hydrogens is 538 g/mol. The van der Waals surface area contributed by atoms with Crippen molar-refractivity contribution >= 4 is 28.9 Å². The van der Waals surface area contributed by atoms with E-state index < -0.39 is 5.91 Å². The van der Waals surface area contributed by atoms with E-state index in [9.17, 15) is 4.79 Å². The molecule has 5 rings (SSSR count). The summed E-state index contributed by atoms with van der Waals surface area (Å²) in [6.07, 6.45) is 6.87. The van der Waals surface area contributed by atoms with Crippen molar-refractivity contribution in [2.45, 2.75) is 83.3 Å². The van der Waals surface area contributed by atoms with Gasteiger partial charge in [-0.1, -0.05) is 13.8 Å². The summed E-state index contributed by atoms with van der Waals surface area (Å²) in [7, 11) is 6.54. The minimum Gasteiger partial charge on any atom is -0.371 e. The van der Waals surface area contributed by atoms with Crippen LogP contribution < -0.4 is 21.3 Å². The summed E-state index contributed by atoms with van der Waals surface area (Å²) >= 11 is 0. The van der Waals surface area contributed by atoms with Gasteiger partial charge in [0.25, 0.3) is 5.91 Å². The van der Waals surface area contributed by atoms with E-state index in [1.807, 2.05) is 0 Å². The van der Waals surface area contributed by atoms with E-state index in [1.54, 1.807) is 0 Å². The van der Waals surface area contributed by atoms with Gasteiger partial charge in [0, 0.05) is 68.8 Å². The zero-order valence-corrected chi connectivity index (χ0v) is 27.2. The number of amides is 1. The van der Waals surface area contributed by atoms with Crippen LogP contribution in [0.1, 0.15) is 80.0 Å². The number of rotatable bonds is 9. The molecule has 0 radical (unpaired) electrons. The molecule has 2 aliphatic heterocycles. The SMILES string of the molecule is Cc1cc(Nc2nc(N[C@H]3CC[C@H](N(C)C)CC3)c(C(C)C)nc2C(N)=O)ccc1N1CCC(N2CCN(C)CC2)CC1. The maximum atomic E-state index is 12.5. The fourth-order valence-electron chi connectivity index (χ4n) is 7.03. The standard InChI is InChI=1S/C33H53N9O/c1-22(2)29-32(35-24-7-10-26(11-8-24)39(4)5)38-33(30(37-29)31(34)43)36-25-9-12-28(23(3)21-25)42-15-13-27(14-16-42)41-19-17-40(6)18-20-41/h9,12,21-22,24,26-27H,7-8,10-11,13-20H2,1-6H3,(H2,34,43)(H2,35,36,38)/t24-,26-. The lowest BCUT2D eigenvalue weighted by atomic mass is 9.90. The Hall–Kier alpha value is -2.95. The minimum absolute atomic E-state index is 0.0992. The molecule has 0 spiro atoms. The number of benzene rings is 1. The lowest BCUT2D eigenvalue weighted by Gasteiger charge is -2.43. The highest BCUT2D eigenvalue weighted by Gasteiger charge is 2.28. The van der Waals surface area contributed by atoms with Crippen molar-refractivity contribution in [1.29, 1.82) is 0 Å². The monoisotopic (exact) mass is 591 g/mol. The molecule has 43 heavy (non-hydrogen) atoms. The van der Waals surface area contributed by atoms with E-state index in [4.69, 9.17) is 15.7 Å². The van der Waals surface area contributed by atoms with Crippen LogP contribution in [0.25, 0.3) is 0 Å². The molecule has 3 aliphatic rings. The van der Waals surface area contributed by atoms with Crippen molar-refractivity contribution in [1.82, 2.24) is 24.7 Å². The topological polar surface area (TPSA) is 106 Å². The summed E-state index contributed by atoms with van der Waals surface area (Å²) in [4.78, 5) is 32.2. The Morgan fingerprint density at radius 1 is 0.953 bits per heavy atom. The number of aryl methyl sites for hydroxylation is 1. The minimum atomic E-state index is -0.577. The van der Waals surface area contributed by atoms with E-state index >= 15 is 0 Å². The van der Waals surface area contributed by atoms with Crippen molar-refractivity contribution in [2.24, 2.45) is 5.73 Å². The van der Waals surface area contributed by atoms with Gasteiger partial charge in [-0.3, -0.25) is 9.69 Å². The highest BCUT2D eigenvalue weighted by molar-refractivity contribution is 5.96. The van der Waals surface area contributed by atoms with Gasteiger partial charge in [0.2, 0.25) is 0 Å². The Labute approximate surface area is 258 Å². The van der Waals surface area contributed by atoms with E-state index in [2.05, 4.69) is 90.3 Å². The lowest BCUT2D eigenvalue weighted by Crippen LogP contribution is -2.52. The van der Waals surface area contributed by atoms with Gasteiger partial charge in [0.05, 0.1) is 5.69 Å². The third-order valence-corrected chi connectivity index (χ3v) is 9.79. The summed E-state index contributed by atoms with van der Waals surface area (Å²) in [5.41, 5.74) is 10.1. The highest BCUT2D eigenvalue weighted by atomic mass is 16.1. The molecule has 1 aliphatic carbocycles. The maximum Gasteiger partial charge on any atom is 0.271 e.